The largest absolute Gasteiger partial charge is 0.391 e. The monoisotopic (exact) mass is 318 g/mol. The summed E-state index contributed by atoms with van der Waals surface area (Å²) in [6.07, 6.45) is 0.325. The first-order valence-electron chi connectivity index (χ1n) is 8.46. The summed E-state index contributed by atoms with van der Waals surface area (Å²) < 4.78 is 38.7. The first-order valence-corrected chi connectivity index (χ1v) is 8.46. The lowest BCUT2D eigenvalue weighted by atomic mass is 9.78. The molecule has 1 spiro atoms. The van der Waals surface area contributed by atoms with Crippen molar-refractivity contribution in [2.45, 2.75) is 51.1 Å². The van der Waals surface area contributed by atoms with Gasteiger partial charge in [-0.15, -0.1) is 0 Å². The first kappa shape index (κ1) is 16.1. The van der Waals surface area contributed by atoms with Gasteiger partial charge in [-0.05, 0) is 57.0 Å². The fraction of sp³-hybridized carbons (Fsp3) is 0.938. The maximum Gasteiger partial charge on any atom is 0.391 e. The Balaban J connectivity index is 1.60. The van der Waals surface area contributed by atoms with Crippen LogP contribution in [0.4, 0.5) is 13.2 Å². The number of likely N-dealkylation sites (tertiary alicyclic amines) is 1. The Labute approximate surface area is 129 Å². The standard InChI is InChI=1S/C16H25F3N2O/c17-16(18,19)13-3-1-2-12(10-13)14(22)21-9-6-15(11-21)4-7-20-8-5-15/h12-13,20H,1-11H2. The summed E-state index contributed by atoms with van der Waals surface area (Å²) in [5, 5.41) is 3.34. The highest BCUT2D eigenvalue weighted by molar-refractivity contribution is 5.79. The third kappa shape index (κ3) is 3.26. The zero-order valence-electron chi connectivity index (χ0n) is 12.9. The molecule has 0 aromatic rings. The summed E-state index contributed by atoms with van der Waals surface area (Å²) in [4.78, 5) is 14.5. The van der Waals surface area contributed by atoms with E-state index in [2.05, 4.69) is 5.32 Å². The fourth-order valence-corrected chi connectivity index (χ4v) is 4.46. The highest BCUT2D eigenvalue weighted by Gasteiger charge is 2.46. The third-order valence-corrected chi connectivity index (χ3v) is 5.90. The second-order valence-corrected chi connectivity index (χ2v) is 7.36. The highest BCUT2D eigenvalue weighted by Crippen LogP contribution is 2.43. The van der Waals surface area contributed by atoms with Crippen molar-refractivity contribution in [1.29, 1.82) is 0 Å². The van der Waals surface area contributed by atoms with E-state index in [1.165, 1.54) is 0 Å². The molecule has 2 unspecified atom stereocenters. The Morgan fingerprint density at radius 3 is 2.55 bits per heavy atom. The number of nitrogens with one attached hydrogen (secondary N) is 1. The van der Waals surface area contributed by atoms with E-state index >= 15 is 0 Å². The van der Waals surface area contributed by atoms with Crippen molar-refractivity contribution >= 4 is 5.91 Å². The average molecular weight is 318 g/mol. The number of carbonyl (C=O) groups is 1. The van der Waals surface area contributed by atoms with E-state index in [1.807, 2.05) is 4.90 Å². The molecule has 6 heteroatoms. The van der Waals surface area contributed by atoms with E-state index < -0.39 is 18.0 Å². The number of piperidine rings is 1. The molecule has 126 valence electrons. The van der Waals surface area contributed by atoms with Gasteiger partial charge in [0.2, 0.25) is 5.91 Å². The molecule has 0 bridgehead atoms. The Morgan fingerprint density at radius 1 is 1.14 bits per heavy atom. The fourth-order valence-electron chi connectivity index (χ4n) is 4.46. The van der Waals surface area contributed by atoms with Crippen LogP contribution >= 0.6 is 0 Å². The van der Waals surface area contributed by atoms with Crippen LogP contribution < -0.4 is 5.32 Å². The van der Waals surface area contributed by atoms with Crippen LogP contribution in [-0.4, -0.2) is 43.2 Å². The zero-order valence-corrected chi connectivity index (χ0v) is 12.9. The van der Waals surface area contributed by atoms with Crippen LogP contribution in [0.1, 0.15) is 44.9 Å². The number of carbonyl (C=O) groups excluding carboxylic acids is 1. The Morgan fingerprint density at radius 2 is 1.86 bits per heavy atom. The lowest BCUT2D eigenvalue weighted by Crippen LogP contribution is -2.42. The molecule has 0 aromatic heterocycles. The molecule has 1 amide bonds. The summed E-state index contributed by atoms with van der Waals surface area (Å²) in [6, 6.07) is 0. The lowest BCUT2D eigenvalue weighted by Gasteiger charge is -2.35. The minimum absolute atomic E-state index is 0.00656. The second-order valence-electron chi connectivity index (χ2n) is 7.36. The Kier molecular flexibility index (Phi) is 4.40. The normalized spacial score (nSPS) is 32.4. The molecule has 0 radical (unpaired) electrons. The second kappa shape index (κ2) is 6.02. The van der Waals surface area contributed by atoms with Crippen LogP contribution in [0.2, 0.25) is 0 Å². The minimum Gasteiger partial charge on any atom is -0.342 e. The van der Waals surface area contributed by atoms with Gasteiger partial charge in [0, 0.05) is 19.0 Å². The van der Waals surface area contributed by atoms with Crippen molar-refractivity contribution in [3.05, 3.63) is 0 Å². The third-order valence-electron chi connectivity index (χ3n) is 5.90. The number of nitrogens with zero attached hydrogens (tertiary/aromatic N) is 1. The van der Waals surface area contributed by atoms with Gasteiger partial charge >= 0.3 is 6.18 Å². The van der Waals surface area contributed by atoms with Crippen molar-refractivity contribution in [3.8, 4) is 0 Å². The zero-order chi connectivity index (χ0) is 15.8. The van der Waals surface area contributed by atoms with E-state index in [4.69, 9.17) is 0 Å². The molecule has 2 heterocycles. The van der Waals surface area contributed by atoms with E-state index in [0.717, 1.165) is 45.4 Å². The molecule has 3 aliphatic rings. The Bertz CT molecular complexity index is 418. The molecule has 2 saturated heterocycles. The highest BCUT2D eigenvalue weighted by atomic mass is 19.4. The molecule has 3 nitrogen and oxygen atoms in total. The summed E-state index contributed by atoms with van der Waals surface area (Å²) in [7, 11) is 0. The van der Waals surface area contributed by atoms with Crippen molar-refractivity contribution in [1.82, 2.24) is 10.2 Å². The number of hydrogen-bond acceptors (Lipinski definition) is 2. The summed E-state index contributed by atoms with van der Waals surface area (Å²) in [5.74, 6) is -1.73. The molecule has 1 aliphatic carbocycles. The molecule has 0 aromatic carbocycles. The average Bonchev–Trinajstić information content (AvgIpc) is 2.90. The number of rotatable bonds is 1. The van der Waals surface area contributed by atoms with E-state index in [9.17, 15) is 18.0 Å². The molecular formula is C16H25F3N2O. The number of hydrogen-bond donors (Lipinski definition) is 1. The van der Waals surface area contributed by atoms with Gasteiger partial charge in [-0.25, -0.2) is 0 Å². The van der Waals surface area contributed by atoms with Crippen molar-refractivity contribution in [2.75, 3.05) is 26.2 Å². The summed E-state index contributed by atoms with van der Waals surface area (Å²) in [5.41, 5.74) is 0.221. The number of halogens is 3. The van der Waals surface area contributed by atoms with Crippen molar-refractivity contribution in [2.24, 2.45) is 17.3 Å². The van der Waals surface area contributed by atoms with Crippen molar-refractivity contribution in [3.63, 3.8) is 0 Å². The van der Waals surface area contributed by atoms with E-state index in [0.29, 0.717) is 12.8 Å². The van der Waals surface area contributed by atoms with Gasteiger partial charge in [0.1, 0.15) is 0 Å². The van der Waals surface area contributed by atoms with Crippen LogP contribution in [-0.2, 0) is 4.79 Å². The molecular weight excluding hydrogens is 293 g/mol. The molecule has 2 aliphatic heterocycles. The number of amides is 1. The van der Waals surface area contributed by atoms with Crippen LogP contribution in [0.5, 0.6) is 0 Å². The molecule has 1 N–H and O–H groups in total. The predicted octanol–water partition coefficient (Wildman–Crippen LogP) is 2.96. The Hall–Kier alpha value is -0.780. The minimum atomic E-state index is -4.15. The maximum absolute atomic E-state index is 12.9. The van der Waals surface area contributed by atoms with Gasteiger partial charge < -0.3 is 10.2 Å². The summed E-state index contributed by atoms with van der Waals surface area (Å²) >= 11 is 0. The van der Waals surface area contributed by atoms with E-state index in [1.54, 1.807) is 0 Å². The number of alkyl halides is 3. The van der Waals surface area contributed by atoms with E-state index in [-0.39, 0.29) is 24.2 Å². The van der Waals surface area contributed by atoms with Crippen LogP contribution in [0.25, 0.3) is 0 Å². The summed E-state index contributed by atoms with van der Waals surface area (Å²) in [6.45, 7) is 3.45. The van der Waals surface area contributed by atoms with Crippen LogP contribution in [0, 0.1) is 17.3 Å². The molecule has 22 heavy (non-hydrogen) atoms. The van der Waals surface area contributed by atoms with Crippen molar-refractivity contribution < 1.29 is 18.0 Å². The van der Waals surface area contributed by atoms with Gasteiger partial charge in [-0.2, -0.15) is 13.2 Å². The smallest absolute Gasteiger partial charge is 0.342 e. The van der Waals surface area contributed by atoms with Gasteiger partial charge in [0.25, 0.3) is 0 Å². The first-order chi connectivity index (χ1) is 10.4. The molecule has 3 fully saturated rings. The van der Waals surface area contributed by atoms with Gasteiger partial charge in [-0.1, -0.05) is 6.42 Å². The lowest BCUT2D eigenvalue weighted by molar-refractivity contribution is -0.187. The van der Waals surface area contributed by atoms with Gasteiger partial charge in [-0.3, -0.25) is 4.79 Å². The quantitative estimate of drug-likeness (QED) is 0.806. The molecule has 3 rings (SSSR count). The predicted molar refractivity (Wildman–Crippen MR) is 77.2 cm³/mol. The van der Waals surface area contributed by atoms with Crippen LogP contribution in [0.15, 0.2) is 0 Å². The molecule has 2 atom stereocenters. The topological polar surface area (TPSA) is 32.3 Å². The molecule has 1 saturated carbocycles. The maximum atomic E-state index is 12.9. The SMILES string of the molecule is O=C(C1CCCC(C(F)(F)F)C1)N1CCC2(CCNCC2)C1. The van der Waals surface area contributed by atoms with Crippen LogP contribution in [0.3, 0.4) is 0 Å². The van der Waals surface area contributed by atoms with Gasteiger partial charge in [0.05, 0.1) is 5.92 Å². The van der Waals surface area contributed by atoms with Gasteiger partial charge in [0.15, 0.2) is 0 Å².